The van der Waals surface area contributed by atoms with E-state index in [9.17, 15) is 19.5 Å². The van der Waals surface area contributed by atoms with E-state index in [1.807, 2.05) is 127 Å². The summed E-state index contributed by atoms with van der Waals surface area (Å²) in [5.41, 5.74) is 2.24. The molecule has 1 atom stereocenters. The van der Waals surface area contributed by atoms with E-state index in [0.717, 1.165) is 56.3 Å². The molecular formula is C57H32O8S4. The van der Waals surface area contributed by atoms with Gasteiger partial charge in [0.2, 0.25) is 5.41 Å². The van der Waals surface area contributed by atoms with Gasteiger partial charge in [-0.1, -0.05) is 109 Å². The highest BCUT2D eigenvalue weighted by molar-refractivity contribution is 7.40. The maximum absolute atomic E-state index is 15.3. The van der Waals surface area contributed by atoms with Gasteiger partial charge in [0, 0.05) is 47.8 Å². The van der Waals surface area contributed by atoms with Gasteiger partial charge in [-0.2, -0.15) is 0 Å². The van der Waals surface area contributed by atoms with Gasteiger partial charge < -0.3 is 14.6 Å². The van der Waals surface area contributed by atoms with E-state index in [4.69, 9.17) is 9.47 Å². The van der Waals surface area contributed by atoms with Gasteiger partial charge >= 0.3 is 11.9 Å². The molecule has 10 aromatic rings. The Morgan fingerprint density at radius 1 is 0.536 bits per heavy atom. The monoisotopic (exact) mass is 972 g/mol. The summed E-state index contributed by atoms with van der Waals surface area (Å²) in [6.45, 7) is -0.214. The van der Waals surface area contributed by atoms with Crippen molar-refractivity contribution in [3.05, 3.63) is 211 Å². The number of aliphatic hydroxyl groups excluding tert-OH is 1. The average molecular weight is 973 g/mol. The number of rotatable bonds is 8. The van der Waals surface area contributed by atoms with Gasteiger partial charge in [-0.15, -0.1) is 45.3 Å². The summed E-state index contributed by atoms with van der Waals surface area (Å²) in [5, 5.41) is 15.0. The number of ether oxygens (including phenoxy) is 2. The lowest BCUT2D eigenvalue weighted by molar-refractivity contribution is -0.164. The van der Waals surface area contributed by atoms with E-state index >= 15 is 9.59 Å². The molecule has 3 aliphatic rings. The van der Waals surface area contributed by atoms with Crippen LogP contribution in [0.15, 0.2) is 157 Å². The molecule has 0 radical (unpaired) electrons. The molecule has 1 unspecified atom stereocenters. The zero-order chi connectivity index (χ0) is 46.7. The summed E-state index contributed by atoms with van der Waals surface area (Å²) in [6.07, 6.45) is 2.25. The van der Waals surface area contributed by atoms with E-state index in [0.29, 0.717) is 53.6 Å². The summed E-state index contributed by atoms with van der Waals surface area (Å²) in [6, 6.07) is 44.7. The molecular weight excluding hydrogens is 941 g/mol. The Hall–Kier alpha value is -7.45. The fourth-order valence-corrected chi connectivity index (χ4v) is 15.6. The van der Waals surface area contributed by atoms with Crippen LogP contribution in [0.5, 0.6) is 0 Å². The molecule has 3 aliphatic carbocycles. The molecule has 0 fully saturated rings. The second-order valence-corrected chi connectivity index (χ2v) is 21.5. The van der Waals surface area contributed by atoms with Crippen LogP contribution >= 0.6 is 45.3 Å². The SMILES string of the molecule is O=C1C(=Cc2cc3c(s2)-c2sc4c(sc5cc(/C=C6/C(=O)c7cc8ccccc8cc7C6O)sc54)c2C3(C(=O)OCc2ccccc2)C(=O)OCc2ccccc2)C(=O)c2cc3ccccc3cc21. The van der Waals surface area contributed by atoms with Crippen LogP contribution in [0.2, 0.25) is 0 Å². The van der Waals surface area contributed by atoms with E-state index in [-0.39, 0.29) is 24.6 Å². The zero-order valence-electron chi connectivity index (χ0n) is 35.9. The lowest BCUT2D eigenvalue weighted by Gasteiger charge is -2.26. The van der Waals surface area contributed by atoms with Gasteiger partial charge in [0.05, 0.1) is 29.4 Å². The van der Waals surface area contributed by atoms with Crippen molar-refractivity contribution < 1.29 is 38.6 Å². The lowest BCUT2D eigenvalue weighted by atomic mass is 9.79. The highest BCUT2D eigenvalue weighted by atomic mass is 32.1. The van der Waals surface area contributed by atoms with Crippen LogP contribution in [0.25, 0.3) is 62.3 Å². The number of benzene rings is 6. The summed E-state index contributed by atoms with van der Waals surface area (Å²) in [7, 11) is 0. The molecule has 6 aromatic carbocycles. The summed E-state index contributed by atoms with van der Waals surface area (Å²) < 4.78 is 15.7. The van der Waals surface area contributed by atoms with E-state index < -0.39 is 35.0 Å². The van der Waals surface area contributed by atoms with Gasteiger partial charge in [-0.25, -0.2) is 0 Å². The van der Waals surface area contributed by atoms with Crippen molar-refractivity contribution in [2.45, 2.75) is 24.7 Å². The minimum Gasteiger partial charge on any atom is -0.459 e. The third kappa shape index (κ3) is 6.37. The van der Waals surface area contributed by atoms with Crippen molar-refractivity contribution in [1.82, 2.24) is 0 Å². The van der Waals surface area contributed by atoms with Gasteiger partial charge in [0.15, 0.2) is 17.3 Å². The minimum absolute atomic E-state index is 0.000649. The Labute approximate surface area is 408 Å². The van der Waals surface area contributed by atoms with Crippen molar-refractivity contribution in [1.29, 1.82) is 0 Å². The molecule has 0 saturated carbocycles. The molecule has 0 spiro atoms. The molecule has 0 aliphatic heterocycles. The molecule has 0 bridgehead atoms. The second kappa shape index (κ2) is 15.8. The normalized spacial score (nSPS) is 16.2. The van der Waals surface area contributed by atoms with Gasteiger partial charge in [0.1, 0.15) is 19.3 Å². The summed E-state index contributed by atoms with van der Waals surface area (Å²) in [4.78, 5) is 75.1. The molecule has 0 amide bonds. The largest absolute Gasteiger partial charge is 0.459 e. The highest BCUT2D eigenvalue weighted by Crippen LogP contribution is 2.62. The molecule has 0 saturated heterocycles. The van der Waals surface area contributed by atoms with E-state index in [1.54, 1.807) is 30.4 Å². The fraction of sp³-hybridized carbons (Fsp3) is 0.0702. The van der Waals surface area contributed by atoms with Crippen LogP contribution in [-0.2, 0) is 37.7 Å². The summed E-state index contributed by atoms with van der Waals surface area (Å²) in [5.74, 6) is -2.62. The van der Waals surface area contributed by atoms with E-state index in [1.165, 1.54) is 45.3 Å². The second-order valence-electron chi connectivity index (χ2n) is 17.3. The minimum atomic E-state index is -2.09. The number of aliphatic hydroxyl groups is 1. The van der Waals surface area contributed by atoms with Gasteiger partial charge in [0.25, 0.3) is 0 Å². The first-order valence-electron chi connectivity index (χ1n) is 22.0. The molecule has 8 nitrogen and oxygen atoms in total. The van der Waals surface area contributed by atoms with Gasteiger partial charge in [-0.3, -0.25) is 24.0 Å². The number of Topliss-reactive ketones (excluding diaryl/α,β-unsaturated/α-hetero) is 3. The third-order valence-electron chi connectivity index (χ3n) is 13.2. The Balaban J connectivity index is 0.959. The first kappa shape index (κ1) is 41.7. The van der Waals surface area contributed by atoms with Gasteiger partial charge in [-0.05, 0) is 86.8 Å². The van der Waals surface area contributed by atoms with Crippen LogP contribution in [0.4, 0.5) is 0 Å². The predicted molar refractivity (Wildman–Crippen MR) is 273 cm³/mol. The molecule has 4 aromatic heterocycles. The average Bonchev–Trinajstić information content (AvgIpc) is 4.24. The van der Waals surface area contributed by atoms with Crippen LogP contribution in [0, 0.1) is 0 Å². The Morgan fingerprint density at radius 2 is 1.07 bits per heavy atom. The maximum Gasteiger partial charge on any atom is 0.333 e. The smallest absolute Gasteiger partial charge is 0.333 e. The molecule has 13 rings (SSSR count). The number of fused-ring (bicyclic) bond motifs is 11. The Kier molecular flexibility index (Phi) is 9.56. The number of carbonyl (C=O) groups excluding carboxylic acids is 5. The number of allylic oxidation sites excluding steroid dienone is 1. The standard InChI is InChI=1S/C57H32O8S4/c58-46-37-19-31-15-7-8-16-32(31)20-38(37)47(59)41(46)23-35-25-43-50(66-35)52-45(57(43,55(62)64-27-29-11-3-1-4-12-29)56(63)65-28-30-13-5-2-6-14-30)53-54(69-52)51-44(68-53)26-36(67-51)24-42-48(60)39-21-33-17-9-10-18-34(33)22-40(39)49(42)61/h1-26,48,60H,27-28H2/b42-24+. The lowest BCUT2D eigenvalue weighted by Crippen LogP contribution is -2.45. The molecule has 1 N–H and O–H groups in total. The number of hydrogen-bond acceptors (Lipinski definition) is 12. The van der Waals surface area contributed by atoms with Crippen molar-refractivity contribution >= 4 is 127 Å². The number of carbonyl (C=O) groups is 5. The van der Waals surface area contributed by atoms with Crippen molar-refractivity contribution in [2.75, 3.05) is 0 Å². The Morgan fingerprint density at radius 3 is 1.67 bits per heavy atom. The first-order chi connectivity index (χ1) is 33.6. The summed E-state index contributed by atoms with van der Waals surface area (Å²) >= 11 is 5.65. The van der Waals surface area contributed by atoms with Crippen LogP contribution in [-0.4, -0.2) is 34.4 Å². The Bertz CT molecular complexity index is 3860. The van der Waals surface area contributed by atoms with Crippen LogP contribution < -0.4 is 0 Å². The number of hydrogen-bond donors (Lipinski definition) is 1. The molecule has 12 heteroatoms. The molecule has 69 heavy (non-hydrogen) atoms. The first-order valence-corrected chi connectivity index (χ1v) is 25.3. The number of ketones is 3. The quantitative estimate of drug-likeness (QED) is 0.0691. The van der Waals surface area contributed by atoms with Crippen LogP contribution in [0.3, 0.4) is 0 Å². The van der Waals surface area contributed by atoms with Crippen molar-refractivity contribution in [3.63, 3.8) is 0 Å². The number of thiophene rings is 4. The van der Waals surface area contributed by atoms with Crippen LogP contribution in [0.1, 0.15) is 74.7 Å². The topological polar surface area (TPSA) is 124 Å². The fourth-order valence-electron chi connectivity index (χ4n) is 9.91. The van der Waals surface area contributed by atoms with E-state index in [2.05, 4.69) is 0 Å². The van der Waals surface area contributed by atoms with Crippen molar-refractivity contribution in [2.24, 2.45) is 0 Å². The maximum atomic E-state index is 15.3. The third-order valence-corrected chi connectivity index (χ3v) is 18.3. The zero-order valence-corrected chi connectivity index (χ0v) is 39.2. The highest BCUT2D eigenvalue weighted by Gasteiger charge is 2.61. The van der Waals surface area contributed by atoms with Crippen molar-refractivity contribution in [3.8, 4) is 9.75 Å². The number of esters is 2. The molecule has 332 valence electrons. The predicted octanol–water partition coefficient (Wildman–Crippen LogP) is 13.1. The molecule has 4 heterocycles.